The summed E-state index contributed by atoms with van der Waals surface area (Å²) in [4.78, 5) is 39.6. The summed E-state index contributed by atoms with van der Waals surface area (Å²) in [6.07, 6.45) is 7.55. The Kier molecular flexibility index (Phi) is 6.92. The van der Waals surface area contributed by atoms with Crippen LogP contribution in [0.25, 0.3) is 0 Å². The van der Waals surface area contributed by atoms with Gasteiger partial charge in [0.05, 0.1) is 0 Å². The first-order valence-corrected chi connectivity index (χ1v) is 9.86. The fourth-order valence-electron chi connectivity index (χ4n) is 3.11. The van der Waals surface area contributed by atoms with E-state index >= 15 is 0 Å². The van der Waals surface area contributed by atoms with Crippen LogP contribution < -0.4 is 10.6 Å². The average molecular weight is 367 g/mol. The highest BCUT2D eigenvalue weighted by Gasteiger charge is 2.42. The number of aliphatic carboxylic acids is 1. The van der Waals surface area contributed by atoms with E-state index in [2.05, 4.69) is 15.6 Å². The lowest BCUT2D eigenvalue weighted by Gasteiger charge is -2.37. The standard InChI is InChI=1S/C17H25N3O4S/c1-25-11-7-13(15(22)23)19-16(24)17(8-3-2-4-9-17)20-14(21)12-6-5-10-18-12/h5-6,10,13,18H,2-4,7-9,11H2,1H3,(H,19,24)(H,20,21)(H,22,23)/t13-/m0/s1. The maximum atomic E-state index is 12.9. The van der Waals surface area contributed by atoms with E-state index in [1.54, 1.807) is 18.3 Å². The zero-order valence-corrected chi connectivity index (χ0v) is 15.2. The van der Waals surface area contributed by atoms with Crippen molar-refractivity contribution in [2.24, 2.45) is 0 Å². The third-order valence-corrected chi connectivity index (χ3v) is 5.20. The van der Waals surface area contributed by atoms with Gasteiger partial charge in [0.15, 0.2) is 0 Å². The van der Waals surface area contributed by atoms with Crippen molar-refractivity contribution in [3.8, 4) is 0 Å². The van der Waals surface area contributed by atoms with Crippen LogP contribution >= 0.6 is 11.8 Å². The monoisotopic (exact) mass is 367 g/mol. The maximum absolute atomic E-state index is 12.9. The molecule has 1 aliphatic rings. The van der Waals surface area contributed by atoms with E-state index in [1.807, 2.05) is 6.26 Å². The number of amides is 2. The lowest BCUT2D eigenvalue weighted by atomic mass is 9.80. The molecule has 1 heterocycles. The number of hydrogen-bond acceptors (Lipinski definition) is 4. The second-order valence-electron chi connectivity index (χ2n) is 6.33. The first kappa shape index (κ1) is 19.4. The molecule has 1 fully saturated rings. The van der Waals surface area contributed by atoms with Crippen molar-refractivity contribution in [3.63, 3.8) is 0 Å². The molecule has 1 aromatic heterocycles. The second kappa shape index (κ2) is 8.94. The number of thioether (sulfide) groups is 1. The Morgan fingerprint density at radius 2 is 2.04 bits per heavy atom. The number of carbonyl (C=O) groups is 3. The number of aromatic nitrogens is 1. The quantitative estimate of drug-likeness (QED) is 0.560. The van der Waals surface area contributed by atoms with E-state index in [-0.39, 0.29) is 5.91 Å². The highest BCUT2D eigenvalue weighted by molar-refractivity contribution is 7.98. The summed E-state index contributed by atoms with van der Waals surface area (Å²) >= 11 is 1.53. The summed E-state index contributed by atoms with van der Waals surface area (Å²) in [6, 6.07) is 2.41. The fourth-order valence-corrected chi connectivity index (χ4v) is 3.58. The Balaban J connectivity index is 2.13. The number of H-pyrrole nitrogens is 1. The predicted molar refractivity (Wildman–Crippen MR) is 96.6 cm³/mol. The van der Waals surface area contributed by atoms with Crippen molar-refractivity contribution in [2.45, 2.75) is 50.1 Å². The zero-order chi connectivity index (χ0) is 18.3. The largest absolute Gasteiger partial charge is 0.480 e. The second-order valence-corrected chi connectivity index (χ2v) is 7.31. The van der Waals surface area contributed by atoms with Gasteiger partial charge in [0.2, 0.25) is 5.91 Å². The van der Waals surface area contributed by atoms with Crippen LogP contribution in [0.5, 0.6) is 0 Å². The molecule has 0 aromatic carbocycles. The molecule has 0 unspecified atom stereocenters. The van der Waals surface area contributed by atoms with Crippen LogP contribution in [0.2, 0.25) is 0 Å². The predicted octanol–water partition coefficient (Wildman–Crippen LogP) is 1.77. The first-order chi connectivity index (χ1) is 12.0. The van der Waals surface area contributed by atoms with Gasteiger partial charge in [0, 0.05) is 6.20 Å². The molecule has 1 aliphatic carbocycles. The van der Waals surface area contributed by atoms with Crippen LogP contribution in [0.3, 0.4) is 0 Å². The molecule has 2 rings (SSSR count). The summed E-state index contributed by atoms with van der Waals surface area (Å²) in [5.74, 6) is -1.17. The van der Waals surface area contributed by atoms with Gasteiger partial charge in [-0.15, -0.1) is 0 Å². The molecule has 0 radical (unpaired) electrons. The van der Waals surface area contributed by atoms with Crippen molar-refractivity contribution < 1.29 is 19.5 Å². The third-order valence-electron chi connectivity index (χ3n) is 4.55. The molecule has 1 atom stereocenters. The van der Waals surface area contributed by atoms with Gasteiger partial charge < -0.3 is 20.7 Å². The minimum absolute atomic E-state index is 0.349. The van der Waals surface area contributed by atoms with E-state index in [1.165, 1.54) is 11.8 Å². The Hall–Kier alpha value is -1.96. The van der Waals surface area contributed by atoms with Gasteiger partial charge in [-0.25, -0.2) is 4.79 Å². The van der Waals surface area contributed by atoms with Gasteiger partial charge in [0.25, 0.3) is 5.91 Å². The molecule has 25 heavy (non-hydrogen) atoms. The number of aromatic amines is 1. The summed E-state index contributed by atoms with van der Waals surface area (Å²) in [6.45, 7) is 0. The van der Waals surface area contributed by atoms with Gasteiger partial charge in [-0.1, -0.05) is 19.3 Å². The summed E-state index contributed by atoms with van der Waals surface area (Å²) in [5, 5.41) is 14.8. The number of carbonyl (C=O) groups excluding carboxylic acids is 2. The van der Waals surface area contributed by atoms with Gasteiger partial charge >= 0.3 is 5.97 Å². The summed E-state index contributed by atoms with van der Waals surface area (Å²) < 4.78 is 0. The van der Waals surface area contributed by atoms with Crippen molar-refractivity contribution >= 4 is 29.5 Å². The minimum Gasteiger partial charge on any atom is -0.480 e. The lowest BCUT2D eigenvalue weighted by Crippen LogP contribution is -2.62. The molecule has 0 bridgehead atoms. The molecule has 0 aliphatic heterocycles. The fraction of sp³-hybridized carbons (Fsp3) is 0.588. The van der Waals surface area contributed by atoms with Gasteiger partial charge in [-0.05, 0) is 43.4 Å². The smallest absolute Gasteiger partial charge is 0.326 e. The molecule has 7 nitrogen and oxygen atoms in total. The third kappa shape index (κ3) is 5.01. The molecule has 8 heteroatoms. The van der Waals surface area contributed by atoms with Crippen LogP contribution in [0.4, 0.5) is 0 Å². The summed E-state index contributed by atoms with van der Waals surface area (Å²) in [7, 11) is 0. The summed E-state index contributed by atoms with van der Waals surface area (Å²) in [5.41, 5.74) is -0.664. The van der Waals surface area contributed by atoms with Crippen LogP contribution in [0.15, 0.2) is 18.3 Å². The average Bonchev–Trinajstić information content (AvgIpc) is 3.13. The van der Waals surface area contributed by atoms with Crippen LogP contribution in [-0.4, -0.2) is 51.5 Å². The molecule has 4 N–H and O–H groups in total. The van der Waals surface area contributed by atoms with Gasteiger partial charge in [-0.2, -0.15) is 11.8 Å². The Morgan fingerprint density at radius 3 is 2.60 bits per heavy atom. The molecule has 0 spiro atoms. The van der Waals surface area contributed by atoms with E-state index in [9.17, 15) is 19.5 Å². The van der Waals surface area contributed by atoms with Crippen molar-refractivity contribution in [3.05, 3.63) is 24.0 Å². The topological polar surface area (TPSA) is 111 Å². The number of rotatable bonds is 8. The Labute approximate surface area is 151 Å². The van der Waals surface area contributed by atoms with E-state index in [4.69, 9.17) is 0 Å². The maximum Gasteiger partial charge on any atom is 0.326 e. The highest BCUT2D eigenvalue weighted by Crippen LogP contribution is 2.29. The molecule has 2 amide bonds. The number of carboxylic acid groups (broad SMARTS) is 1. The highest BCUT2D eigenvalue weighted by atomic mass is 32.2. The van der Waals surface area contributed by atoms with Gasteiger partial charge in [-0.3, -0.25) is 9.59 Å². The van der Waals surface area contributed by atoms with Crippen LogP contribution in [0, 0.1) is 0 Å². The Morgan fingerprint density at radius 1 is 1.32 bits per heavy atom. The van der Waals surface area contributed by atoms with E-state index in [0.717, 1.165) is 19.3 Å². The molecule has 1 aromatic rings. The molecular formula is C17H25N3O4S. The Bertz CT molecular complexity index is 597. The van der Waals surface area contributed by atoms with Crippen molar-refractivity contribution in [1.82, 2.24) is 15.6 Å². The van der Waals surface area contributed by atoms with Crippen LogP contribution in [0.1, 0.15) is 49.0 Å². The molecule has 1 saturated carbocycles. The number of nitrogens with one attached hydrogen (secondary N) is 3. The van der Waals surface area contributed by atoms with Crippen molar-refractivity contribution in [2.75, 3.05) is 12.0 Å². The molecule has 138 valence electrons. The first-order valence-electron chi connectivity index (χ1n) is 8.47. The molecular weight excluding hydrogens is 342 g/mol. The molecule has 0 saturated heterocycles. The van der Waals surface area contributed by atoms with E-state index < -0.39 is 23.5 Å². The zero-order valence-electron chi connectivity index (χ0n) is 14.3. The normalized spacial score (nSPS) is 17.5. The van der Waals surface area contributed by atoms with E-state index in [0.29, 0.717) is 30.7 Å². The SMILES string of the molecule is CSCC[C@H](NC(=O)C1(NC(=O)c2ccc[nH]2)CCCCC1)C(=O)O. The van der Waals surface area contributed by atoms with Crippen LogP contribution in [-0.2, 0) is 9.59 Å². The van der Waals surface area contributed by atoms with Crippen molar-refractivity contribution in [1.29, 1.82) is 0 Å². The lowest BCUT2D eigenvalue weighted by molar-refractivity contribution is -0.143. The number of hydrogen-bond donors (Lipinski definition) is 4. The number of carboxylic acids is 1. The van der Waals surface area contributed by atoms with Gasteiger partial charge in [0.1, 0.15) is 17.3 Å². The minimum atomic E-state index is -1.05.